The van der Waals surface area contributed by atoms with E-state index in [1.807, 2.05) is 44.2 Å². The van der Waals surface area contributed by atoms with Crippen molar-refractivity contribution < 1.29 is 5.11 Å². The van der Waals surface area contributed by atoms with Crippen LogP contribution < -0.4 is 0 Å². The molecule has 1 aromatic carbocycles. The van der Waals surface area contributed by atoms with Crippen LogP contribution in [0.3, 0.4) is 0 Å². The van der Waals surface area contributed by atoms with Gasteiger partial charge in [-0.05, 0) is 13.8 Å². The smallest absolute Gasteiger partial charge is 0.171 e. The van der Waals surface area contributed by atoms with Crippen LogP contribution in [-0.4, -0.2) is 10.8 Å². The fourth-order valence-electron chi connectivity index (χ4n) is 0.944. The van der Waals surface area contributed by atoms with Crippen molar-refractivity contribution in [3.05, 3.63) is 35.9 Å². The molecule has 1 atom stereocenters. The highest BCUT2D eigenvalue weighted by Crippen LogP contribution is 2.12. The van der Waals surface area contributed by atoms with Crippen molar-refractivity contribution in [2.75, 3.05) is 0 Å². The van der Waals surface area contributed by atoms with Crippen molar-refractivity contribution in [2.45, 2.75) is 20.1 Å². The van der Waals surface area contributed by atoms with Gasteiger partial charge in [-0.1, -0.05) is 30.3 Å². The summed E-state index contributed by atoms with van der Waals surface area (Å²) >= 11 is 0. The normalized spacial score (nSPS) is 12.2. The van der Waals surface area contributed by atoms with Crippen molar-refractivity contribution >= 4 is 5.71 Å². The highest BCUT2D eigenvalue weighted by molar-refractivity contribution is 5.79. The lowest BCUT2D eigenvalue weighted by Gasteiger charge is -2.05. The summed E-state index contributed by atoms with van der Waals surface area (Å²) in [6.45, 7) is 3.73. The monoisotopic (exact) mass is 163 g/mol. The number of aliphatic hydroxyl groups is 1. The van der Waals surface area contributed by atoms with Crippen molar-refractivity contribution in [3.63, 3.8) is 0 Å². The lowest BCUT2D eigenvalue weighted by atomic mass is 10.2. The first-order valence-corrected chi connectivity index (χ1v) is 3.94. The summed E-state index contributed by atoms with van der Waals surface area (Å²) in [4.78, 5) is 4.02. The quantitative estimate of drug-likeness (QED) is 0.666. The van der Waals surface area contributed by atoms with E-state index in [1.165, 1.54) is 0 Å². The maximum Gasteiger partial charge on any atom is 0.171 e. The molecule has 0 fully saturated rings. The van der Waals surface area contributed by atoms with Gasteiger partial charge in [0.15, 0.2) is 6.23 Å². The molecule has 1 unspecified atom stereocenters. The van der Waals surface area contributed by atoms with E-state index < -0.39 is 6.23 Å². The molecular formula is C10H13NO. The number of rotatable bonds is 2. The van der Waals surface area contributed by atoms with Crippen molar-refractivity contribution in [1.82, 2.24) is 0 Å². The Morgan fingerprint density at radius 3 is 2.33 bits per heavy atom. The molecule has 2 heteroatoms. The van der Waals surface area contributed by atoms with Crippen LogP contribution >= 0.6 is 0 Å². The second-order valence-corrected chi connectivity index (χ2v) is 2.86. The van der Waals surface area contributed by atoms with E-state index >= 15 is 0 Å². The number of aliphatic imine (C=N–C) groups is 1. The maximum atomic E-state index is 9.50. The number of hydrogen-bond donors (Lipinski definition) is 1. The zero-order valence-corrected chi connectivity index (χ0v) is 7.36. The minimum Gasteiger partial charge on any atom is -0.368 e. The Hall–Kier alpha value is -1.15. The van der Waals surface area contributed by atoms with Crippen LogP contribution in [0.15, 0.2) is 35.3 Å². The zero-order valence-electron chi connectivity index (χ0n) is 7.36. The maximum absolute atomic E-state index is 9.50. The number of hydrogen-bond acceptors (Lipinski definition) is 2. The van der Waals surface area contributed by atoms with Crippen LogP contribution in [0, 0.1) is 0 Å². The second kappa shape index (κ2) is 4.02. The van der Waals surface area contributed by atoms with E-state index in [2.05, 4.69) is 4.99 Å². The van der Waals surface area contributed by atoms with Crippen LogP contribution in [0.25, 0.3) is 0 Å². The topological polar surface area (TPSA) is 32.6 Å². The van der Waals surface area contributed by atoms with Crippen LogP contribution in [0.2, 0.25) is 0 Å². The second-order valence-electron chi connectivity index (χ2n) is 2.86. The van der Waals surface area contributed by atoms with Crippen LogP contribution in [-0.2, 0) is 0 Å². The zero-order chi connectivity index (χ0) is 8.97. The number of benzene rings is 1. The molecule has 0 aliphatic heterocycles. The Kier molecular flexibility index (Phi) is 3.00. The van der Waals surface area contributed by atoms with Gasteiger partial charge in [-0.15, -0.1) is 0 Å². The van der Waals surface area contributed by atoms with Crippen LogP contribution in [0.1, 0.15) is 25.6 Å². The van der Waals surface area contributed by atoms with E-state index in [0.717, 1.165) is 11.3 Å². The average Bonchev–Trinajstić information content (AvgIpc) is 2.05. The van der Waals surface area contributed by atoms with E-state index in [0.29, 0.717) is 0 Å². The molecule has 0 bridgehead atoms. The molecule has 0 spiro atoms. The summed E-state index contributed by atoms with van der Waals surface area (Å²) < 4.78 is 0. The molecule has 2 nitrogen and oxygen atoms in total. The lowest BCUT2D eigenvalue weighted by molar-refractivity contribution is 0.188. The van der Waals surface area contributed by atoms with Gasteiger partial charge in [0.05, 0.1) is 0 Å². The van der Waals surface area contributed by atoms with E-state index in [4.69, 9.17) is 0 Å². The summed E-state index contributed by atoms with van der Waals surface area (Å²) in [5.74, 6) is 0. The molecular weight excluding hydrogens is 150 g/mol. The van der Waals surface area contributed by atoms with Crippen molar-refractivity contribution in [3.8, 4) is 0 Å². The Morgan fingerprint density at radius 2 is 1.83 bits per heavy atom. The van der Waals surface area contributed by atoms with Gasteiger partial charge in [-0.2, -0.15) is 0 Å². The van der Waals surface area contributed by atoms with E-state index in [-0.39, 0.29) is 0 Å². The molecule has 0 aliphatic rings. The lowest BCUT2D eigenvalue weighted by Crippen LogP contribution is -1.95. The summed E-state index contributed by atoms with van der Waals surface area (Å²) in [7, 11) is 0. The average molecular weight is 163 g/mol. The number of nitrogens with zero attached hydrogens (tertiary/aromatic N) is 1. The number of aliphatic hydroxyl groups excluding tert-OH is 1. The molecule has 0 aliphatic carbocycles. The summed E-state index contributed by atoms with van der Waals surface area (Å²) in [6.07, 6.45) is -0.712. The molecule has 64 valence electrons. The molecule has 0 heterocycles. The predicted molar refractivity (Wildman–Crippen MR) is 50.2 cm³/mol. The third-order valence-corrected chi connectivity index (χ3v) is 1.48. The summed E-state index contributed by atoms with van der Waals surface area (Å²) in [6, 6.07) is 9.41. The SMILES string of the molecule is CC(C)=NC(O)c1ccccc1. The van der Waals surface area contributed by atoms with Gasteiger partial charge in [0.2, 0.25) is 0 Å². The third-order valence-electron chi connectivity index (χ3n) is 1.48. The third kappa shape index (κ3) is 2.47. The molecule has 1 N–H and O–H groups in total. The first-order chi connectivity index (χ1) is 5.70. The Bertz CT molecular complexity index is 262. The standard InChI is InChI=1S/C10H13NO/c1-8(2)11-10(12)9-6-4-3-5-7-9/h3-7,10,12H,1-2H3. The van der Waals surface area contributed by atoms with Gasteiger partial charge in [0.25, 0.3) is 0 Å². The predicted octanol–water partition coefficient (Wildman–Crippen LogP) is 2.16. The first kappa shape index (κ1) is 8.94. The summed E-state index contributed by atoms with van der Waals surface area (Å²) in [5.41, 5.74) is 1.71. The molecule has 0 radical (unpaired) electrons. The van der Waals surface area contributed by atoms with E-state index in [1.54, 1.807) is 0 Å². The Morgan fingerprint density at radius 1 is 1.25 bits per heavy atom. The largest absolute Gasteiger partial charge is 0.368 e. The molecule has 0 saturated carbocycles. The Balaban J connectivity index is 2.79. The highest BCUT2D eigenvalue weighted by atomic mass is 16.3. The molecule has 0 saturated heterocycles. The van der Waals surface area contributed by atoms with Gasteiger partial charge in [0, 0.05) is 11.3 Å². The minimum atomic E-state index is -0.712. The molecule has 0 amide bonds. The van der Waals surface area contributed by atoms with Gasteiger partial charge >= 0.3 is 0 Å². The van der Waals surface area contributed by atoms with Gasteiger partial charge < -0.3 is 5.11 Å². The van der Waals surface area contributed by atoms with Crippen LogP contribution in [0.5, 0.6) is 0 Å². The Labute approximate surface area is 72.6 Å². The molecule has 1 rings (SSSR count). The van der Waals surface area contributed by atoms with Crippen molar-refractivity contribution in [2.24, 2.45) is 4.99 Å². The highest BCUT2D eigenvalue weighted by Gasteiger charge is 2.01. The first-order valence-electron chi connectivity index (χ1n) is 3.94. The minimum absolute atomic E-state index is 0.712. The molecule has 1 aromatic rings. The van der Waals surface area contributed by atoms with Gasteiger partial charge in [0.1, 0.15) is 0 Å². The molecule has 12 heavy (non-hydrogen) atoms. The fraction of sp³-hybridized carbons (Fsp3) is 0.300. The van der Waals surface area contributed by atoms with Gasteiger partial charge in [-0.3, -0.25) is 4.99 Å². The van der Waals surface area contributed by atoms with E-state index in [9.17, 15) is 5.11 Å². The van der Waals surface area contributed by atoms with Crippen LogP contribution in [0.4, 0.5) is 0 Å². The fourth-order valence-corrected chi connectivity index (χ4v) is 0.944. The summed E-state index contributed by atoms with van der Waals surface area (Å²) in [5, 5.41) is 9.50. The molecule has 0 aromatic heterocycles. The van der Waals surface area contributed by atoms with Crippen molar-refractivity contribution in [1.29, 1.82) is 0 Å². The van der Waals surface area contributed by atoms with Gasteiger partial charge in [-0.25, -0.2) is 0 Å².